The van der Waals surface area contributed by atoms with E-state index in [1.165, 1.54) is 0 Å². The minimum atomic E-state index is -0.669. The van der Waals surface area contributed by atoms with Crippen molar-refractivity contribution in [2.24, 2.45) is 5.92 Å². The lowest BCUT2D eigenvalue weighted by Gasteiger charge is -2.23. The van der Waals surface area contributed by atoms with Crippen molar-refractivity contribution in [1.82, 2.24) is 0 Å². The molecule has 0 aliphatic rings. The van der Waals surface area contributed by atoms with Crippen LogP contribution in [0, 0.1) is 17.2 Å². The van der Waals surface area contributed by atoms with Gasteiger partial charge in [-0.25, -0.2) is 0 Å². The maximum Gasteiger partial charge on any atom is 0.181 e. The smallest absolute Gasteiger partial charge is 0.181 e. The van der Waals surface area contributed by atoms with Crippen LogP contribution in [0.5, 0.6) is 0 Å². The summed E-state index contributed by atoms with van der Waals surface area (Å²) in [6.07, 6.45) is 0. The third-order valence-electron chi connectivity index (χ3n) is 1.97. The number of hydrogen-bond acceptors (Lipinski definition) is 2. The fourth-order valence-electron chi connectivity index (χ4n) is 0.628. The largest absolute Gasteiger partial charge is 0.426 e. The van der Waals surface area contributed by atoms with Crippen LogP contribution in [0.4, 0.5) is 0 Å². The van der Waals surface area contributed by atoms with Crippen LogP contribution in [0.15, 0.2) is 0 Å². The summed E-state index contributed by atoms with van der Waals surface area (Å²) in [5.74, 6) is 0.407. The standard InChI is InChI=1S/C7H15NOSi/c1-6(2)7(3,5-8)10-9-4/h6H,10H2,1-4H3. The van der Waals surface area contributed by atoms with Crippen molar-refractivity contribution < 1.29 is 4.43 Å². The molecule has 0 saturated heterocycles. The van der Waals surface area contributed by atoms with E-state index < -0.39 is 9.76 Å². The lowest BCUT2D eigenvalue weighted by Crippen LogP contribution is -2.22. The van der Waals surface area contributed by atoms with Crippen LogP contribution in [0.2, 0.25) is 5.04 Å². The van der Waals surface area contributed by atoms with Crippen LogP contribution in [0.25, 0.3) is 0 Å². The van der Waals surface area contributed by atoms with Gasteiger partial charge in [-0.3, -0.25) is 0 Å². The average molecular weight is 157 g/mol. The van der Waals surface area contributed by atoms with E-state index in [0.29, 0.717) is 5.92 Å². The molecule has 0 heterocycles. The SMILES string of the molecule is CO[SiH2]C(C)(C#N)C(C)C. The zero-order valence-corrected chi connectivity index (χ0v) is 8.55. The van der Waals surface area contributed by atoms with Gasteiger partial charge in [-0.2, -0.15) is 5.26 Å². The second-order valence-corrected chi connectivity index (χ2v) is 5.45. The van der Waals surface area contributed by atoms with Gasteiger partial charge in [0.15, 0.2) is 9.76 Å². The molecule has 0 N–H and O–H groups in total. The van der Waals surface area contributed by atoms with Crippen molar-refractivity contribution in [1.29, 1.82) is 5.26 Å². The molecule has 0 aromatic heterocycles. The Hall–Kier alpha value is -0.333. The molecule has 10 heavy (non-hydrogen) atoms. The molecule has 2 nitrogen and oxygen atoms in total. The summed E-state index contributed by atoms with van der Waals surface area (Å²) in [7, 11) is 1.02. The highest BCUT2D eigenvalue weighted by Gasteiger charge is 2.28. The second kappa shape index (κ2) is 3.74. The Morgan fingerprint density at radius 3 is 2.20 bits per heavy atom. The predicted octanol–water partition coefficient (Wildman–Crippen LogP) is 1.07. The first-order valence-electron chi connectivity index (χ1n) is 3.47. The lowest BCUT2D eigenvalue weighted by atomic mass is 9.99. The van der Waals surface area contributed by atoms with Crippen LogP contribution < -0.4 is 0 Å². The molecule has 0 bridgehead atoms. The first-order valence-corrected chi connectivity index (χ1v) is 4.75. The number of nitriles is 1. The first kappa shape index (κ1) is 9.67. The van der Waals surface area contributed by atoms with Gasteiger partial charge >= 0.3 is 0 Å². The molecule has 0 aliphatic heterocycles. The quantitative estimate of drug-likeness (QED) is 0.574. The van der Waals surface area contributed by atoms with Crippen molar-refractivity contribution in [3.8, 4) is 6.07 Å². The van der Waals surface area contributed by atoms with Gasteiger partial charge in [0.2, 0.25) is 0 Å². The summed E-state index contributed by atoms with van der Waals surface area (Å²) in [5.41, 5.74) is 0. The van der Waals surface area contributed by atoms with Crippen LogP contribution >= 0.6 is 0 Å². The molecule has 0 amide bonds. The number of hydrogen-bond donors (Lipinski definition) is 0. The van der Waals surface area contributed by atoms with Crippen molar-refractivity contribution in [3.63, 3.8) is 0 Å². The second-order valence-electron chi connectivity index (χ2n) is 3.12. The third kappa shape index (κ3) is 2.12. The van der Waals surface area contributed by atoms with Gasteiger partial charge in [-0.1, -0.05) is 13.8 Å². The van der Waals surface area contributed by atoms with Crippen LogP contribution in [-0.2, 0) is 4.43 Å². The minimum Gasteiger partial charge on any atom is -0.426 e. The van der Waals surface area contributed by atoms with Crippen molar-refractivity contribution in [3.05, 3.63) is 0 Å². The van der Waals surface area contributed by atoms with Gasteiger partial charge in [0, 0.05) is 7.11 Å². The zero-order valence-electron chi connectivity index (χ0n) is 7.14. The molecular formula is C7H15NOSi. The van der Waals surface area contributed by atoms with Gasteiger partial charge in [0.25, 0.3) is 0 Å². The zero-order chi connectivity index (χ0) is 8.20. The molecular weight excluding hydrogens is 142 g/mol. The highest BCUT2D eigenvalue weighted by atomic mass is 28.2. The third-order valence-corrected chi connectivity index (χ3v) is 3.84. The summed E-state index contributed by atoms with van der Waals surface area (Å²) in [6, 6.07) is 2.32. The summed E-state index contributed by atoms with van der Waals surface area (Å²) in [4.78, 5) is 0. The van der Waals surface area contributed by atoms with Crippen LogP contribution in [0.1, 0.15) is 20.8 Å². The van der Waals surface area contributed by atoms with E-state index in [1.807, 2.05) is 6.92 Å². The number of rotatable bonds is 3. The molecule has 0 fully saturated rings. The normalized spacial score (nSPS) is 17.6. The molecule has 58 valence electrons. The molecule has 0 spiro atoms. The minimum absolute atomic E-state index is 0.186. The van der Waals surface area contributed by atoms with E-state index in [9.17, 15) is 0 Å². The highest BCUT2D eigenvalue weighted by Crippen LogP contribution is 2.32. The van der Waals surface area contributed by atoms with Crippen LogP contribution in [-0.4, -0.2) is 16.9 Å². The summed E-state index contributed by atoms with van der Waals surface area (Å²) < 4.78 is 5.08. The Morgan fingerprint density at radius 1 is 1.60 bits per heavy atom. The Kier molecular flexibility index (Phi) is 3.62. The van der Waals surface area contributed by atoms with E-state index in [4.69, 9.17) is 9.69 Å². The molecule has 0 rings (SSSR count). The Bertz CT molecular complexity index is 141. The van der Waals surface area contributed by atoms with Crippen LogP contribution in [0.3, 0.4) is 0 Å². The predicted molar refractivity (Wildman–Crippen MR) is 44.4 cm³/mol. The molecule has 1 atom stereocenters. The van der Waals surface area contributed by atoms with Crippen molar-refractivity contribution in [2.75, 3.05) is 7.11 Å². The summed E-state index contributed by atoms with van der Waals surface area (Å²) in [5, 5.41) is 8.61. The van der Waals surface area contributed by atoms with Gasteiger partial charge in [0.1, 0.15) is 0 Å². The first-order chi connectivity index (χ1) is 4.56. The average Bonchev–Trinajstić information content (AvgIpc) is 1.88. The fraction of sp³-hybridized carbons (Fsp3) is 0.857. The Balaban J connectivity index is 4.12. The molecule has 0 radical (unpaired) electrons. The van der Waals surface area contributed by atoms with Gasteiger partial charge < -0.3 is 4.43 Å². The summed E-state index contributed by atoms with van der Waals surface area (Å²) >= 11 is 0. The van der Waals surface area contributed by atoms with E-state index in [0.717, 1.165) is 0 Å². The molecule has 3 heteroatoms. The van der Waals surface area contributed by atoms with Gasteiger partial charge in [0.05, 0.1) is 11.1 Å². The van der Waals surface area contributed by atoms with E-state index >= 15 is 0 Å². The van der Waals surface area contributed by atoms with E-state index in [1.54, 1.807) is 7.11 Å². The fourth-order valence-corrected chi connectivity index (χ4v) is 1.63. The molecule has 1 unspecified atom stereocenters. The molecule has 0 aromatic carbocycles. The maximum atomic E-state index is 8.79. The molecule has 0 aliphatic carbocycles. The topological polar surface area (TPSA) is 33.0 Å². The lowest BCUT2D eigenvalue weighted by molar-refractivity contribution is 0.392. The Morgan fingerprint density at radius 2 is 2.10 bits per heavy atom. The monoisotopic (exact) mass is 157 g/mol. The van der Waals surface area contributed by atoms with E-state index in [2.05, 4.69) is 19.9 Å². The van der Waals surface area contributed by atoms with Crippen molar-refractivity contribution in [2.45, 2.75) is 25.8 Å². The summed E-state index contributed by atoms with van der Waals surface area (Å²) in [6.45, 7) is 6.11. The van der Waals surface area contributed by atoms with E-state index in [-0.39, 0.29) is 5.04 Å². The van der Waals surface area contributed by atoms with Gasteiger partial charge in [-0.05, 0) is 12.8 Å². The molecule has 0 aromatic rings. The highest BCUT2D eigenvalue weighted by molar-refractivity contribution is 6.33. The maximum absolute atomic E-state index is 8.79. The Labute approximate surface area is 65.1 Å². The number of nitrogens with zero attached hydrogens (tertiary/aromatic N) is 1. The van der Waals surface area contributed by atoms with Crippen molar-refractivity contribution >= 4 is 9.76 Å². The van der Waals surface area contributed by atoms with Gasteiger partial charge in [-0.15, -0.1) is 0 Å². The molecule has 0 saturated carbocycles.